The second kappa shape index (κ2) is 13.3. The van der Waals surface area contributed by atoms with Crippen molar-refractivity contribution in [1.29, 1.82) is 0 Å². The first-order valence-corrected chi connectivity index (χ1v) is 12.3. The number of aliphatic imine (C=N–C) groups is 1. The van der Waals surface area contributed by atoms with E-state index in [1.165, 1.54) is 36.4 Å². The number of carboxylic acids is 2. The number of nitrogens with two attached hydrogens (primary N) is 2. The number of guanidine groups is 1. The zero-order valence-corrected chi connectivity index (χ0v) is 22.2. The fourth-order valence-corrected chi connectivity index (χ4v) is 4.23. The number of hydrogen-bond acceptors (Lipinski definition) is 6. The number of carbonyl (C=O) groups excluding carboxylic acids is 2. The van der Waals surface area contributed by atoms with Crippen LogP contribution >= 0.6 is 11.6 Å². The van der Waals surface area contributed by atoms with E-state index >= 15 is 0 Å². The lowest BCUT2D eigenvalue weighted by Gasteiger charge is -2.23. The van der Waals surface area contributed by atoms with Crippen LogP contribution in [0.15, 0.2) is 71.7 Å². The van der Waals surface area contributed by atoms with E-state index in [1.54, 1.807) is 37.3 Å². The molecule has 1 atom stereocenters. The maximum Gasteiger partial charge on any atom is 0.343 e. The third-order valence-corrected chi connectivity index (χ3v) is 6.11. The number of nitrogens with zero attached hydrogens (tertiary/aromatic N) is 2. The molecule has 0 aliphatic heterocycles. The summed E-state index contributed by atoms with van der Waals surface area (Å²) in [6.45, 7) is 1.12. The molecule has 0 fully saturated rings. The van der Waals surface area contributed by atoms with Crippen LogP contribution in [-0.4, -0.2) is 51.4 Å². The molecule has 0 bridgehead atoms. The molecule has 0 saturated carbocycles. The van der Waals surface area contributed by atoms with Crippen molar-refractivity contribution in [2.75, 3.05) is 6.54 Å². The zero-order valence-electron chi connectivity index (χ0n) is 21.4. The van der Waals surface area contributed by atoms with Gasteiger partial charge in [0.25, 0.3) is 0 Å². The minimum atomic E-state index is -1.20. The summed E-state index contributed by atoms with van der Waals surface area (Å²) in [4.78, 5) is 53.3. The Morgan fingerprint density at radius 2 is 1.68 bits per heavy atom. The highest BCUT2D eigenvalue weighted by Gasteiger charge is 2.22. The molecule has 3 rings (SSSR count). The van der Waals surface area contributed by atoms with Crippen molar-refractivity contribution in [3.63, 3.8) is 0 Å². The topological polar surface area (TPSA) is 186 Å². The molecule has 1 unspecified atom stereocenters. The quantitative estimate of drug-likeness (QED) is 0.116. The van der Waals surface area contributed by atoms with Crippen LogP contribution in [0.1, 0.15) is 51.1 Å². The van der Waals surface area contributed by atoms with E-state index in [9.17, 15) is 29.4 Å². The van der Waals surface area contributed by atoms with Crippen molar-refractivity contribution in [3.05, 3.63) is 94.0 Å². The summed E-state index contributed by atoms with van der Waals surface area (Å²) in [5.41, 5.74) is 12.5. The SMILES string of the molecule is CC(CC(=O)N(CC(=O)O)Cc1cccc(C(=O)O)c1)c1ccc(OC(=O)c2ccc(N=C(N)N)cc2)cc1Cl. The molecular weight excluding hydrogens is 540 g/mol. The van der Waals surface area contributed by atoms with Crippen molar-refractivity contribution in [2.24, 2.45) is 16.5 Å². The summed E-state index contributed by atoms with van der Waals surface area (Å²) in [5, 5.41) is 18.8. The van der Waals surface area contributed by atoms with E-state index in [2.05, 4.69) is 4.99 Å². The summed E-state index contributed by atoms with van der Waals surface area (Å²) in [6.07, 6.45) is -0.0626. The number of amides is 1. The van der Waals surface area contributed by atoms with Crippen molar-refractivity contribution in [2.45, 2.75) is 25.8 Å². The van der Waals surface area contributed by atoms with Crippen LogP contribution in [0.3, 0.4) is 0 Å². The predicted octanol–water partition coefficient (Wildman–Crippen LogP) is 3.77. The molecule has 12 heteroatoms. The molecular formula is C28H27ClN4O7. The molecule has 0 aromatic heterocycles. The van der Waals surface area contributed by atoms with Gasteiger partial charge in [0.1, 0.15) is 12.3 Å². The Balaban J connectivity index is 1.68. The minimum Gasteiger partial charge on any atom is -0.480 e. The van der Waals surface area contributed by atoms with Gasteiger partial charge >= 0.3 is 17.9 Å². The normalized spacial score (nSPS) is 11.2. The van der Waals surface area contributed by atoms with Gasteiger partial charge in [-0.3, -0.25) is 9.59 Å². The Labute approximate surface area is 234 Å². The number of carbonyl (C=O) groups is 4. The number of aromatic carboxylic acids is 1. The van der Waals surface area contributed by atoms with E-state index in [0.717, 1.165) is 4.90 Å². The highest BCUT2D eigenvalue weighted by molar-refractivity contribution is 6.31. The van der Waals surface area contributed by atoms with E-state index in [-0.39, 0.29) is 40.8 Å². The van der Waals surface area contributed by atoms with Gasteiger partial charge in [0.15, 0.2) is 5.96 Å². The smallest absolute Gasteiger partial charge is 0.343 e. The van der Waals surface area contributed by atoms with Crippen LogP contribution in [0.4, 0.5) is 5.69 Å². The average Bonchev–Trinajstić information content (AvgIpc) is 2.88. The van der Waals surface area contributed by atoms with Crippen LogP contribution in [0.5, 0.6) is 5.75 Å². The van der Waals surface area contributed by atoms with Gasteiger partial charge in [-0.15, -0.1) is 0 Å². The lowest BCUT2D eigenvalue weighted by atomic mass is 9.96. The van der Waals surface area contributed by atoms with Crippen LogP contribution in [-0.2, 0) is 16.1 Å². The molecule has 0 spiro atoms. The Morgan fingerprint density at radius 1 is 0.975 bits per heavy atom. The third-order valence-electron chi connectivity index (χ3n) is 5.78. The average molecular weight is 567 g/mol. The maximum absolute atomic E-state index is 13.1. The molecule has 11 nitrogen and oxygen atoms in total. The van der Waals surface area contributed by atoms with Crippen molar-refractivity contribution in [1.82, 2.24) is 4.90 Å². The number of ether oxygens (including phenoxy) is 1. The van der Waals surface area contributed by atoms with E-state index < -0.39 is 36.3 Å². The summed E-state index contributed by atoms with van der Waals surface area (Å²) in [7, 11) is 0. The monoisotopic (exact) mass is 566 g/mol. The molecule has 6 N–H and O–H groups in total. The van der Waals surface area contributed by atoms with Crippen molar-refractivity contribution in [3.8, 4) is 5.75 Å². The molecule has 0 aliphatic carbocycles. The summed E-state index contributed by atoms with van der Waals surface area (Å²) < 4.78 is 5.40. The number of esters is 1. The molecule has 0 aliphatic rings. The molecule has 1 amide bonds. The lowest BCUT2D eigenvalue weighted by Crippen LogP contribution is -2.35. The molecule has 208 valence electrons. The summed E-state index contributed by atoms with van der Waals surface area (Å²) in [6, 6.07) is 16.7. The number of halogens is 1. The third kappa shape index (κ3) is 8.30. The van der Waals surface area contributed by atoms with Crippen LogP contribution in [0.25, 0.3) is 0 Å². The molecule has 0 heterocycles. The van der Waals surface area contributed by atoms with Gasteiger partial charge in [-0.25, -0.2) is 14.6 Å². The number of aliphatic carboxylic acids is 1. The Hall–Kier alpha value is -4.90. The highest BCUT2D eigenvalue weighted by Crippen LogP contribution is 2.31. The number of hydrogen-bond donors (Lipinski definition) is 4. The van der Waals surface area contributed by atoms with E-state index in [0.29, 0.717) is 16.8 Å². The van der Waals surface area contributed by atoms with Crippen molar-refractivity contribution < 1.29 is 34.1 Å². The fourth-order valence-electron chi connectivity index (χ4n) is 3.88. The first-order valence-electron chi connectivity index (χ1n) is 12.0. The molecule has 3 aromatic carbocycles. The van der Waals surface area contributed by atoms with Gasteiger partial charge in [0.2, 0.25) is 5.91 Å². The standard InChI is InChI=1S/C28H27ClN4O7/c1-16(11-24(34)33(15-25(35)36)14-17-3-2-4-19(12-17)26(37)38)22-10-9-21(13-23(22)29)40-27(39)18-5-7-20(8-6-18)32-28(30)31/h2-10,12-13,16H,11,14-15H2,1H3,(H,35,36)(H,37,38)(H4,30,31,32). The van der Waals surface area contributed by atoms with Crippen LogP contribution < -0.4 is 16.2 Å². The highest BCUT2D eigenvalue weighted by atomic mass is 35.5. The zero-order chi connectivity index (χ0) is 29.4. The first-order chi connectivity index (χ1) is 18.9. The van der Waals surface area contributed by atoms with Gasteiger partial charge in [-0.05, 0) is 65.6 Å². The van der Waals surface area contributed by atoms with Crippen LogP contribution in [0, 0.1) is 0 Å². The number of carboxylic acid groups (broad SMARTS) is 2. The van der Waals surface area contributed by atoms with Gasteiger partial charge in [0.05, 0.1) is 16.8 Å². The number of rotatable bonds is 11. The van der Waals surface area contributed by atoms with Gasteiger partial charge in [-0.2, -0.15) is 0 Å². The van der Waals surface area contributed by atoms with Crippen LogP contribution in [0.2, 0.25) is 5.02 Å². The summed E-state index contributed by atoms with van der Waals surface area (Å²) in [5.74, 6) is -3.74. The second-order valence-corrected chi connectivity index (χ2v) is 9.32. The minimum absolute atomic E-state index is 0.0316. The fraction of sp³-hybridized carbons (Fsp3) is 0.179. The van der Waals surface area contributed by atoms with Gasteiger partial charge in [-0.1, -0.05) is 36.7 Å². The Morgan fingerprint density at radius 3 is 2.27 bits per heavy atom. The molecule has 0 radical (unpaired) electrons. The Bertz CT molecular complexity index is 1450. The van der Waals surface area contributed by atoms with Crippen molar-refractivity contribution >= 4 is 47.1 Å². The largest absolute Gasteiger partial charge is 0.480 e. The van der Waals surface area contributed by atoms with Gasteiger partial charge < -0.3 is 31.3 Å². The second-order valence-electron chi connectivity index (χ2n) is 8.91. The predicted molar refractivity (Wildman–Crippen MR) is 148 cm³/mol. The Kier molecular flexibility index (Phi) is 9.82. The van der Waals surface area contributed by atoms with Gasteiger partial charge in [0, 0.05) is 18.0 Å². The molecule has 3 aromatic rings. The molecule has 40 heavy (non-hydrogen) atoms. The maximum atomic E-state index is 13.1. The number of benzene rings is 3. The first kappa shape index (κ1) is 29.7. The van der Waals surface area contributed by atoms with E-state index in [1.807, 2.05) is 0 Å². The van der Waals surface area contributed by atoms with E-state index in [4.69, 9.17) is 27.8 Å². The summed E-state index contributed by atoms with van der Waals surface area (Å²) >= 11 is 6.44. The molecule has 0 saturated heterocycles. The lowest BCUT2D eigenvalue weighted by molar-refractivity contribution is -0.145.